The van der Waals surface area contributed by atoms with Crippen molar-refractivity contribution < 1.29 is 4.79 Å². The Morgan fingerprint density at radius 2 is 1.69 bits per heavy atom. The zero-order valence-electron chi connectivity index (χ0n) is 21.7. The lowest BCUT2D eigenvalue weighted by molar-refractivity contribution is -0.132. The Bertz CT molecular complexity index is 1120. The highest BCUT2D eigenvalue weighted by Crippen LogP contribution is 2.24. The topological polar surface area (TPSA) is 104 Å². The van der Waals surface area contributed by atoms with Crippen LogP contribution in [0.1, 0.15) is 43.7 Å². The van der Waals surface area contributed by atoms with E-state index in [1.807, 2.05) is 18.0 Å². The lowest BCUT2D eigenvalue weighted by atomic mass is 10.1. The number of carbonyl (C=O) groups excluding carboxylic acids is 1. The average Bonchev–Trinajstić information content (AvgIpc) is 3.29. The monoisotopic (exact) mass is 492 g/mol. The van der Waals surface area contributed by atoms with E-state index in [-0.39, 0.29) is 5.91 Å². The van der Waals surface area contributed by atoms with Gasteiger partial charge in [-0.15, -0.1) is 0 Å². The minimum Gasteiger partial charge on any atom is -0.368 e. The molecule has 1 aromatic carbocycles. The summed E-state index contributed by atoms with van der Waals surface area (Å²) in [6.07, 6.45) is 6.11. The molecule has 9 heteroatoms. The van der Waals surface area contributed by atoms with E-state index in [4.69, 9.17) is 5.73 Å². The number of rotatable bonds is 12. The van der Waals surface area contributed by atoms with Gasteiger partial charge in [0, 0.05) is 65.0 Å². The predicted molar refractivity (Wildman–Crippen MR) is 146 cm³/mol. The lowest BCUT2D eigenvalue weighted by Crippen LogP contribution is -2.48. The highest BCUT2D eigenvalue weighted by atomic mass is 16.2. The number of unbranched alkanes of at least 4 members (excludes halogenated alkanes) is 2. The average molecular weight is 493 g/mol. The number of nitrogens with one attached hydrogen (secondary N) is 2. The summed E-state index contributed by atoms with van der Waals surface area (Å²) in [5.41, 5.74) is 10.3. The van der Waals surface area contributed by atoms with Crippen LogP contribution in [0.25, 0.3) is 11.0 Å². The first-order chi connectivity index (χ1) is 17.6. The van der Waals surface area contributed by atoms with Crippen LogP contribution in [0.5, 0.6) is 0 Å². The van der Waals surface area contributed by atoms with Crippen LogP contribution >= 0.6 is 0 Å². The van der Waals surface area contributed by atoms with E-state index < -0.39 is 0 Å². The maximum atomic E-state index is 12.2. The number of hydrogen-bond donors (Lipinski definition) is 3. The number of amides is 1. The number of hydrogen-bond acceptors (Lipinski definition) is 7. The molecule has 194 valence electrons. The van der Waals surface area contributed by atoms with Crippen molar-refractivity contribution in [2.24, 2.45) is 0 Å². The third-order valence-electron chi connectivity index (χ3n) is 6.80. The molecule has 1 aliphatic heterocycles. The fourth-order valence-electron chi connectivity index (χ4n) is 4.71. The van der Waals surface area contributed by atoms with E-state index in [0.29, 0.717) is 12.4 Å². The minimum absolute atomic E-state index is 0.248. The summed E-state index contributed by atoms with van der Waals surface area (Å²) in [6, 6.07) is 10.8. The Hall–Kier alpha value is -3.17. The van der Waals surface area contributed by atoms with Crippen LogP contribution in [0.2, 0.25) is 0 Å². The number of benzene rings is 1. The molecule has 0 bridgehead atoms. The van der Waals surface area contributed by atoms with Gasteiger partial charge in [-0.25, -0.2) is 4.98 Å². The zero-order chi connectivity index (χ0) is 25.3. The smallest absolute Gasteiger partial charge is 0.223 e. The predicted octanol–water partition coefficient (Wildman–Crippen LogP) is 2.92. The van der Waals surface area contributed by atoms with Crippen molar-refractivity contribution in [3.63, 3.8) is 0 Å². The Morgan fingerprint density at radius 1 is 0.972 bits per heavy atom. The second-order valence-corrected chi connectivity index (χ2v) is 9.57. The second-order valence-electron chi connectivity index (χ2n) is 9.57. The van der Waals surface area contributed by atoms with Crippen LogP contribution in [-0.2, 0) is 17.9 Å². The van der Waals surface area contributed by atoms with Crippen molar-refractivity contribution in [1.29, 1.82) is 0 Å². The Morgan fingerprint density at radius 3 is 2.39 bits per heavy atom. The summed E-state index contributed by atoms with van der Waals surface area (Å²) in [4.78, 5) is 25.6. The van der Waals surface area contributed by atoms with E-state index in [0.717, 1.165) is 75.6 Å². The summed E-state index contributed by atoms with van der Waals surface area (Å²) in [7, 11) is 1.88. The SMILES string of the molecule is CCCCCNc1nc(N)nc2ccn(Cc3ccc(CN4CCN(C(=O)CCNC)CC4)cc3)c12. The first kappa shape index (κ1) is 25.9. The fourth-order valence-corrected chi connectivity index (χ4v) is 4.71. The van der Waals surface area contributed by atoms with Crippen LogP contribution < -0.4 is 16.4 Å². The third kappa shape index (κ3) is 6.73. The van der Waals surface area contributed by atoms with Gasteiger partial charge in [0.2, 0.25) is 11.9 Å². The summed E-state index contributed by atoms with van der Waals surface area (Å²) < 4.78 is 2.19. The van der Waals surface area contributed by atoms with Gasteiger partial charge in [-0.3, -0.25) is 9.69 Å². The molecule has 0 radical (unpaired) electrons. The Labute approximate surface area is 214 Å². The molecule has 0 saturated carbocycles. The molecule has 1 saturated heterocycles. The summed E-state index contributed by atoms with van der Waals surface area (Å²) in [6.45, 7) is 8.91. The molecule has 0 atom stereocenters. The van der Waals surface area contributed by atoms with Gasteiger partial charge in [-0.2, -0.15) is 4.98 Å². The fraction of sp³-hybridized carbons (Fsp3) is 0.519. The molecule has 3 aromatic rings. The number of anilines is 2. The number of fused-ring (bicyclic) bond motifs is 1. The third-order valence-corrected chi connectivity index (χ3v) is 6.80. The van der Waals surface area contributed by atoms with Crippen molar-refractivity contribution in [2.75, 3.05) is 57.4 Å². The number of nitrogens with two attached hydrogens (primary N) is 1. The summed E-state index contributed by atoms with van der Waals surface area (Å²) in [5, 5.41) is 6.51. The van der Waals surface area contributed by atoms with E-state index in [9.17, 15) is 4.79 Å². The highest BCUT2D eigenvalue weighted by molar-refractivity contribution is 5.87. The maximum Gasteiger partial charge on any atom is 0.223 e. The second kappa shape index (κ2) is 12.7. The van der Waals surface area contributed by atoms with E-state index in [2.05, 4.69) is 67.5 Å². The molecule has 0 aliphatic carbocycles. The molecule has 9 nitrogen and oxygen atoms in total. The van der Waals surface area contributed by atoms with Gasteiger partial charge in [0.25, 0.3) is 0 Å². The normalized spacial score (nSPS) is 14.4. The number of aromatic nitrogens is 3. The van der Waals surface area contributed by atoms with Gasteiger partial charge < -0.3 is 25.8 Å². The summed E-state index contributed by atoms with van der Waals surface area (Å²) in [5.74, 6) is 1.35. The van der Waals surface area contributed by atoms with Crippen LogP contribution in [0.4, 0.5) is 11.8 Å². The molecule has 36 heavy (non-hydrogen) atoms. The molecule has 0 unspecified atom stereocenters. The molecule has 1 aliphatic rings. The van der Waals surface area contributed by atoms with Crippen LogP contribution in [0, 0.1) is 0 Å². The largest absolute Gasteiger partial charge is 0.368 e. The lowest BCUT2D eigenvalue weighted by Gasteiger charge is -2.34. The molecule has 4 N–H and O–H groups in total. The highest BCUT2D eigenvalue weighted by Gasteiger charge is 2.20. The van der Waals surface area contributed by atoms with Gasteiger partial charge >= 0.3 is 0 Å². The molecule has 2 aromatic heterocycles. The van der Waals surface area contributed by atoms with Gasteiger partial charge in [-0.05, 0) is 30.7 Å². The molecule has 1 fully saturated rings. The van der Waals surface area contributed by atoms with Crippen molar-refractivity contribution >= 4 is 28.7 Å². The minimum atomic E-state index is 0.248. The van der Waals surface area contributed by atoms with Crippen LogP contribution in [0.3, 0.4) is 0 Å². The first-order valence-electron chi connectivity index (χ1n) is 13.2. The molecule has 3 heterocycles. The quantitative estimate of drug-likeness (QED) is 0.334. The van der Waals surface area contributed by atoms with Crippen molar-refractivity contribution in [3.05, 3.63) is 47.7 Å². The molecular formula is C27H40N8O. The van der Waals surface area contributed by atoms with Crippen molar-refractivity contribution in [2.45, 2.75) is 45.7 Å². The Kier molecular flexibility index (Phi) is 9.13. The summed E-state index contributed by atoms with van der Waals surface area (Å²) >= 11 is 0. The number of carbonyl (C=O) groups is 1. The van der Waals surface area contributed by atoms with Gasteiger partial charge in [0.05, 0.1) is 5.52 Å². The molecule has 4 rings (SSSR count). The molecular weight excluding hydrogens is 452 g/mol. The number of nitrogen functional groups attached to an aromatic ring is 1. The van der Waals surface area contributed by atoms with Gasteiger partial charge in [0.1, 0.15) is 5.52 Å². The molecule has 1 amide bonds. The first-order valence-corrected chi connectivity index (χ1v) is 13.2. The Balaban J connectivity index is 1.35. The standard InChI is InChI=1S/C27H40N8O/c1-3-4-5-12-30-26-25-23(31-27(28)32-26)11-14-35(25)20-22-8-6-21(7-9-22)19-33-15-17-34(18-16-33)24(36)10-13-29-2/h6-9,11,14,29H,3-5,10,12-13,15-20H2,1-2H3,(H3,28,30,31,32). The molecule has 0 spiro atoms. The number of piperazine rings is 1. The van der Waals surface area contributed by atoms with E-state index in [1.54, 1.807) is 0 Å². The van der Waals surface area contributed by atoms with Crippen LogP contribution in [-0.4, -0.2) is 76.6 Å². The number of nitrogens with zero attached hydrogens (tertiary/aromatic N) is 5. The van der Waals surface area contributed by atoms with Crippen molar-refractivity contribution in [1.82, 2.24) is 29.7 Å². The van der Waals surface area contributed by atoms with Gasteiger partial charge in [-0.1, -0.05) is 44.0 Å². The van der Waals surface area contributed by atoms with Gasteiger partial charge in [0.15, 0.2) is 5.82 Å². The van der Waals surface area contributed by atoms with Crippen LogP contribution in [0.15, 0.2) is 36.5 Å². The van der Waals surface area contributed by atoms with E-state index in [1.165, 1.54) is 24.0 Å². The maximum absolute atomic E-state index is 12.2. The van der Waals surface area contributed by atoms with E-state index >= 15 is 0 Å². The zero-order valence-corrected chi connectivity index (χ0v) is 21.7. The van der Waals surface area contributed by atoms with Crippen molar-refractivity contribution in [3.8, 4) is 0 Å².